The predicted molar refractivity (Wildman–Crippen MR) is 87.4 cm³/mol. The average molecular weight is 303 g/mol. The summed E-state index contributed by atoms with van der Waals surface area (Å²) in [7, 11) is 0. The second-order valence-electron chi connectivity index (χ2n) is 5.65. The van der Waals surface area contributed by atoms with Crippen LogP contribution in [0.4, 0.5) is 5.69 Å². The van der Waals surface area contributed by atoms with Gasteiger partial charge in [-0.25, -0.2) is 0 Å². The van der Waals surface area contributed by atoms with E-state index in [0.29, 0.717) is 19.4 Å². The third-order valence-corrected chi connectivity index (χ3v) is 3.68. The van der Waals surface area contributed by atoms with E-state index in [-0.39, 0.29) is 17.7 Å². The Morgan fingerprint density at radius 3 is 2.73 bits per heavy atom. The molecule has 2 amide bonds. The summed E-state index contributed by atoms with van der Waals surface area (Å²) in [5, 5.41) is 9.09. The van der Waals surface area contributed by atoms with Crippen molar-refractivity contribution < 1.29 is 9.59 Å². The molecule has 0 radical (unpaired) electrons. The van der Waals surface area contributed by atoms with E-state index in [1.807, 2.05) is 24.3 Å². The molecule has 120 valence electrons. The molecule has 1 saturated carbocycles. The highest BCUT2D eigenvalue weighted by Gasteiger charge is 2.28. The van der Waals surface area contributed by atoms with E-state index in [1.165, 1.54) is 0 Å². The number of para-hydroxylation sites is 1. The van der Waals surface area contributed by atoms with Crippen LogP contribution in [0.15, 0.2) is 24.3 Å². The summed E-state index contributed by atoms with van der Waals surface area (Å²) in [5.74, 6) is 0.354. The first-order chi connectivity index (χ1) is 10.7. The van der Waals surface area contributed by atoms with Gasteiger partial charge in [-0.15, -0.1) is 0 Å². The lowest BCUT2D eigenvalue weighted by Gasteiger charge is -2.11. The molecular weight excluding hydrogens is 278 g/mol. The first-order valence-electron chi connectivity index (χ1n) is 8.07. The molecule has 0 spiro atoms. The van der Waals surface area contributed by atoms with E-state index in [1.54, 1.807) is 0 Å². The fourth-order valence-electron chi connectivity index (χ4n) is 2.22. The molecule has 3 N–H and O–H groups in total. The third-order valence-electron chi connectivity index (χ3n) is 3.68. The molecule has 0 heterocycles. The number of amides is 2. The monoisotopic (exact) mass is 303 g/mol. The Bertz CT molecular complexity index is 512. The Balaban J connectivity index is 1.70. The maximum Gasteiger partial charge on any atom is 0.224 e. The molecule has 0 aliphatic heterocycles. The molecule has 5 heteroatoms. The zero-order chi connectivity index (χ0) is 15.8. The van der Waals surface area contributed by atoms with Crippen molar-refractivity contribution in [1.29, 1.82) is 0 Å². The third kappa shape index (κ3) is 5.48. The molecule has 0 aromatic heterocycles. The molecule has 1 aliphatic carbocycles. The number of benzene rings is 1. The van der Waals surface area contributed by atoms with Crippen LogP contribution in [-0.2, 0) is 16.1 Å². The van der Waals surface area contributed by atoms with Crippen LogP contribution in [0, 0.1) is 5.92 Å². The molecule has 0 unspecified atom stereocenters. The van der Waals surface area contributed by atoms with E-state index in [4.69, 9.17) is 0 Å². The van der Waals surface area contributed by atoms with E-state index < -0.39 is 0 Å². The van der Waals surface area contributed by atoms with Crippen molar-refractivity contribution in [2.75, 3.05) is 18.4 Å². The number of nitrogens with one attached hydrogen (secondary N) is 3. The number of rotatable bonds is 9. The van der Waals surface area contributed by atoms with Gasteiger partial charge in [0.05, 0.1) is 0 Å². The van der Waals surface area contributed by atoms with Crippen LogP contribution in [-0.4, -0.2) is 24.9 Å². The quantitative estimate of drug-likeness (QED) is 0.611. The van der Waals surface area contributed by atoms with Gasteiger partial charge < -0.3 is 16.0 Å². The molecule has 1 aromatic rings. The molecular formula is C17H25N3O2. The molecule has 2 rings (SSSR count). The lowest BCUT2D eigenvalue weighted by Crippen LogP contribution is -2.26. The van der Waals surface area contributed by atoms with Gasteiger partial charge in [-0.1, -0.05) is 25.1 Å². The number of carbonyl (C=O) groups excluding carboxylic acids is 2. The van der Waals surface area contributed by atoms with Crippen LogP contribution >= 0.6 is 0 Å². The van der Waals surface area contributed by atoms with E-state index >= 15 is 0 Å². The SMILES string of the molecule is CCNCc1ccccc1NC(=O)CCCNC(=O)C1CC1. The first kappa shape index (κ1) is 16.5. The van der Waals surface area contributed by atoms with Crippen LogP contribution in [0.3, 0.4) is 0 Å². The molecule has 0 saturated heterocycles. The normalized spacial score (nSPS) is 13.7. The van der Waals surface area contributed by atoms with Crippen molar-refractivity contribution in [2.45, 2.75) is 39.2 Å². The first-order valence-corrected chi connectivity index (χ1v) is 8.07. The Hall–Kier alpha value is -1.88. The maximum absolute atomic E-state index is 12.0. The number of hydrogen-bond donors (Lipinski definition) is 3. The summed E-state index contributed by atoms with van der Waals surface area (Å²) in [6.45, 7) is 4.26. The topological polar surface area (TPSA) is 70.2 Å². The van der Waals surface area contributed by atoms with Gasteiger partial charge in [0.25, 0.3) is 0 Å². The van der Waals surface area contributed by atoms with E-state index in [0.717, 1.165) is 37.2 Å². The van der Waals surface area contributed by atoms with Crippen molar-refractivity contribution in [3.05, 3.63) is 29.8 Å². The number of hydrogen-bond acceptors (Lipinski definition) is 3. The molecule has 0 atom stereocenters. The molecule has 1 aromatic carbocycles. The van der Waals surface area contributed by atoms with Crippen molar-refractivity contribution in [1.82, 2.24) is 10.6 Å². The van der Waals surface area contributed by atoms with Crippen LogP contribution in [0.2, 0.25) is 0 Å². The highest BCUT2D eigenvalue weighted by Crippen LogP contribution is 2.28. The van der Waals surface area contributed by atoms with E-state index in [2.05, 4.69) is 22.9 Å². The van der Waals surface area contributed by atoms with E-state index in [9.17, 15) is 9.59 Å². The van der Waals surface area contributed by atoms with Crippen LogP contribution in [0.25, 0.3) is 0 Å². The molecule has 0 bridgehead atoms. The average Bonchev–Trinajstić information content (AvgIpc) is 3.35. The van der Waals surface area contributed by atoms with Crippen molar-refractivity contribution in [3.63, 3.8) is 0 Å². The molecule has 1 aliphatic rings. The molecule has 1 fully saturated rings. The lowest BCUT2D eigenvalue weighted by atomic mass is 10.1. The summed E-state index contributed by atoms with van der Waals surface area (Å²) in [5.41, 5.74) is 1.94. The standard InChI is InChI=1S/C17H25N3O2/c1-2-18-12-14-6-3-4-7-15(14)20-16(21)8-5-11-19-17(22)13-9-10-13/h3-4,6-7,13,18H,2,5,8-12H2,1H3,(H,19,22)(H,20,21). The van der Waals surface area contributed by atoms with Crippen molar-refractivity contribution in [3.8, 4) is 0 Å². The Kier molecular flexibility index (Phi) is 6.40. The second-order valence-corrected chi connectivity index (χ2v) is 5.65. The fourth-order valence-corrected chi connectivity index (χ4v) is 2.22. The van der Waals surface area contributed by atoms with Crippen LogP contribution < -0.4 is 16.0 Å². The van der Waals surface area contributed by atoms with Crippen molar-refractivity contribution in [2.24, 2.45) is 5.92 Å². The summed E-state index contributed by atoms with van der Waals surface area (Å²) < 4.78 is 0. The smallest absolute Gasteiger partial charge is 0.224 e. The van der Waals surface area contributed by atoms with Gasteiger partial charge in [0, 0.05) is 31.1 Å². The molecule has 5 nitrogen and oxygen atoms in total. The lowest BCUT2D eigenvalue weighted by molar-refractivity contribution is -0.122. The minimum atomic E-state index is -0.00961. The van der Waals surface area contributed by atoms with Gasteiger partial charge in [0.2, 0.25) is 11.8 Å². The number of anilines is 1. The van der Waals surface area contributed by atoms with Gasteiger partial charge >= 0.3 is 0 Å². The van der Waals surface area contributed by atoms with Gasteiger partial charge in [-0.3, -0.25) is 9.59 Å². The Morgan fingerprint density at radius 1 is 1.23 bits per heavy atom. The summed E-state index contributed by atoms with van der Waals surface area (Å²) in [6, 6.07) is 7.81. The largest absolute Gasteiger partial charge is 0.356 e. The summed E-state index contributed by atoms with van der Waals surface area (Å²) in [4.78, 5) is 23.5. The number of carbonyl (C=O) groups is 2. The molecule has 22 heavy (non-hydrogen) atoms. The minimum Gasteiger partial charge on any atom is -0.356 e. The van der Waals surface area contributed by atoms with Gasteiger partial charge in [0.15, 0.2) is 0 Å². The second kappa shape index (κ2) is 8.54. The summed E-state index contributed by atoms with van der Waals surface area (Å²) in [6.07, 6.45) is 3.10. The summed E-state index contributed by atoms with van der Waals surface area (Å²) >= 11 is 0. The highest BCUT2D eigenvalue weighted by atomic mass is 16.2. The Labute approximate surface area is 131 Å². The predicted octanol–water partition coefficient (Wildman–Crippen LogP) is 2.04. The van der Waals surface area contributed by atoms with Gasteiger partial charge in [-0.2, -0.15) is 0 Å². The maximum atomic E-state index is 12.0. The van der Waals surface area contributed by atoms with Crippen LogP contribution in [0.1, 0.15) is 38.2 Å². The minimum absolute atomic E-state index is 0.00961. The Morgan fingerprint density at radius 2 is 2.00 bits per heavy atom. The van der Waals surface area contributed by atoms with Crippen molar-refractivity contribution >= 4 is 17.5 Å². The highest BCUT2D eigenvalue weighted by molar-refractivity contribution is 5.91. The fraction of sp³-hybridized carbons (Fsp3) is 0.529. The van der Waals surface area contributed by atoms with Gasteiger partial charge in [-0.05, 0) is 37.4 Å². The zero-order valence-corrected chi connectivity index (χ0v) is 13.2. The van der Waals surface area contributed by atoms with Gasteiger partial charge in [0.1, 0.15) is 0 Å². The van der Waals surface area contributed by atoms with Crippen LogP contribution in [0.5, 0.6) is 0 Å². The zero-order valence-electron chi connectivity index (χ0n) is 13.2.